The molecule has 0 aliphatic carbocycles. The molecule has 0 radical (unpaired) electrons. The van der Waals surface area contributed by atoms with Crippen LogP contribution in [0.1, 0.15) is 22.3 Å². The van der Waals surface area contributed by atoms with Crippen LogP contribution in [0, 0.1) is 13.8 Å². The van der Waals surface area contributed by atoms with Gasteiger partial charge in [-0.15, -0.1) is 0 Å². The summed E-state index contributed by atoms with van der Waals surface area (Å²) < 4.78 is 0. The number of hydrogen-bond donors (Lipinski definition) is 2. The van der Waals surface area contributed by atoms with E-state index >= 15 is 0 Å². The number of benzene rings is 4. The van der Waals surface area contributed by atoms with Gasteiger partial charge in [-0.3, -0.25) is 0 Å². The zero-order chi connectivity index (χ0) is 17.6. The summed E-state index contributed by atoms with van der Waals surface area (Å²) in [4.78, 5) is 0. The number of phenolic OH excluding ortho intramolecular Hbond substituents is 2. The van der Waals surface area contributed by atoms with Gasteiger partial charge in [-0.25, -0.2) is 0 Å². The Balaban J connectivity index is 1.95. The van der Waals surface area contributed by atoms with Crippen molar-refractivity contribution in [1.82, 2.24) is 0 Å². The molecule has 2 nitrogen and oxygen atoms in total. The Hall–Kier alpha value is -3.00. The molecule has 0 amide bonds. The highest BCUT2D eigenvalue weighted by molar-refractivity contribution is 5.95. The first kappa shape index (κ1) is 15.5. The van der Waals surface area contributed by atoms with Crippen LogP contribution in [0.15, 0.2) is 60.7 Å². The summed E-state index contributed by atoms with van der Waals surface area (Å²) in [6, 6.07) is 20.1. The van der Waals surface area contributed by atoms with Gasteiger partial charge in [0.1, 0.15) is 11.5 Å². The SMILES string of the molecule is Cc1cc(Cc2cc(C)c(O)c3ccccc23)c2ccccc2c1O. The van der Waals surface area contributed by atoms with Crippen LogP contribution in [0.5, 0.6) is 11.5 Å². The first-order chi connectivity index (χ1) is 12.1. The van der Waals surface area contributed by atoms with Gasteiger partial charge in [0.2, 0.25) is 0 Å². The fourth-order valence-electron chi connectivity index (χ4n) is 3.68. The Morgan fingerprint density at radius 1 is 0.600 bits per heavy atom. The summed E-state index contributed by atoms with van der Waals surface area (Å²) in [5, 5.41) is 24.6. The number of aromatic hydroxyl groups is 2. The standard InChI is InChI=1S/C23H20O2/c1-14-11-16(18-7-3-5-9-20(18)22(14)24)13-17-12-15(2)23(25)21-10-6-4-8-19(17)21/h3-12,24-25H,13H2,1-2H3. The van der Waals surface area contributed by atoms with Gasteiger partial charge in [-0.05, 0) is 53.3 Å². The van der Waals surface area contributed by atoms with Crippen LogP contribution in [0.3, 0.4) is 0 Å². The van der Waals surface area contributed by atoms with Crippen LogP contribution in [0.4, 0.5) is 0 Å². The lowest BCUT2D eigenvalue weighted by atomic mass is 9.91. The largest absolute Gasteiger partial charge is 0.507 e. The molecule has 0 unspecified atom stereocenters. The molecule has 0 fully saturated rings. The normalized spacial score (nSPS) is 11.3. The van der Waals surface area contributed by atoms with Gasteiger partial charge in [0.15, 0.2) is 0 Å². The average molecular weight is 328 g/mol. The molecule has 25 heavy (non-hydrogen) atoms. The molecule has 0 atom stereocenters. The van der Waals surface area contributed by atoms with Crippen LogP contribution in [-0.2, 0) is 6.42 Å². The van der Waals surface area contributed by atoms with E-state index in [4.69, 9.17) is 0 Å². The van der Waals surface area contributed by atoms with Gasteiger partial charge in [0.25, 0.3) is 0 Å². The third-order valence-corrected chi connectivity index (χ3v) is 4.97. The summed E-state index contributed by atoms with van der Waals surface area (Å²) in [5.74, 6) is 0.706. The van der Waals surface area contributed by atoms with Crippen LogP contribution < -0.4 is 0 Å². The first-order valence-corrected chi connectivity index (χ1v) is 8.46. The lowest BCUT2D eigenvalue weighted by molar-refractivity contribution is 0.477. The molecule has 124 valence electrons. The Labute approximate surface area is 147 Å². The zero-order valence-electron chi connectivity index (χ0n) is 14.4. The molecule has 0 aliphatic heterocycles. The minimum atomic E-state index is 0.353. The van der Waals surface area contributed by atoms with Gasteiger partial charge < -0.3 is 10.2 Å². The second kappa shape index (κ2) is 5.82. The van der Waals surface area contributed by atoms with Crippen LogP contribution in [0.2, 0.25) is 0 Å². The lowest BCUT2D eigenvalue weighted by Gasteiger charge is -2.14. The van der Waals surface area contributed by atoms with Crippen molar-refractivity contribution in [1.29, 1.82) is 0 Å². The Morgan fingerprint density at radius 2 is 0.960 bits per heavy atom. The van der Waals surface area contributed by atoms with Crippen LogP contribution in [0.25, 0.3) is 21.5 Å². The highest BCUT2D eigenvalue weighted by atomic mass is 16.3. The fourth-order valence-corrected chi connectivity index (χ4v) is 3.68. The molecule has 2 N–H and O–H groups in total. The van der Waals surface area contributed by atoms with Gasteiger partial charge in [-0.1, -0.05) is 60.7 Å². The first-order valence-electron chi connectivity index (χ1n) is 8.46. The minimum Gasteiger partial charge on any atom is -0.507 e. The summed E-state index contributed by atoms with van der Waals surface area (Å²) in [7, 11) is 0. The molecule has 4 aromatic carbocycles. The number of fused-ring (bicyclic) bond motifs is 2. The highest BCUT2D eigenvalue weighted by Gasteiger charge is 2.13. The van der Waals surface area contributed by atoms with Crippen molar-refractivity contribution in [3.8, 4) is 11.5 Å². The monoisotopic (exact) mass is 328 g/mol. The van der Waals surface area contributed by atoms with Crippen molar-refractivity contribution < 1.29 is 10.2 Å². The number of hydrogen-bond acceptors (Lipinski definition) is 2. The molecule has 0 saturated carbocycles. The van der Waals surface area contributed by atoms with E-state index in [1.807, 2.05) is 50.2 Å². The average Bonchev–Trinajstić information content (AvgIpc) is 2.64. The van der Waals surface area contributed by atoms with Crippen molar-refractivity contribution >= 4 is 21.5 Å². The third kappa shape index (κ3) is 2.51. The Morgan fingerprint density at radius 3 is 1.36 bits per heavy atom. The predicted molar refractivity (Wildman–Crippen MR) is 104 cm³/mol. The number of aryl methyl sites for hydroxylation is 2. The minimum absolute atomic E-state index is 0.353. The Bertz CT molecular complexity index is 1020. The van der Waals surface area contributed by atoms with E-state index in [0.29, 0.717) is 11.5 Å². The zero-order valence-corrected chi connectivity index (χ0v) is 14.4. The highest BCUT2D eigenvalue weighted by Crippen LogP contribution is 2.36. The van der Waals surface area contributed by atoms with E-state index in [1.54, 1.807) is 0 Å². The van der Waals surface area contributed by atoms with E-state index in [0.717, 1.165) is 39.1 Å². The molecule has 0 bridgehead atoms. The molecule has 4 rings (SSSR count). The number of rotatable bonds is 2. The van der Waals surface area contributed by atoms with E-state index < -0.39 is 0 Å². The molecular weight excluding hydrogens is 308 g/mol. The second-order valence-electron chi connectivity index (χ2n) is 6.67. The van der Waals surface area contributed by atoms with Gasteiger partial charge in [0.05, 0.1) is 0 Å². The smallest absolute Gasteiger partial charge is 0.126 e. The molecule has 2 heteroatoms. The van der Waals surface area contributed by atoms with E-state index in [1.165, 1.54) is 11.1 Å². The maximum absolute atomic E-state index is 10.4. The van der Waals surface area contributed by atoms with Gasteiger partial charge in [0, 0.05) is 10.8 Å². The van der Waals surface area contributed by atoms with Crippen molar-refractivity contribution in [2.45, 2.75) is 20.3 Å². The number of phenols is 2. The molecule has 0 saturated heterocycles. The third-order valence-electron chi connectivity index (χ3n) is 4.97. The second-order valence-corrected chi connectivity index (χ2v) is 6.67. The van der Waals surface area contributed by atoms with E-state index in [2.05, 4.69) is 24.3 Å². The van der Waals surface area contributed by atoms with Crippen molar-refractivity contribution in [3.63, 3.8) is 0 Å². The van der Waals surface area contributed by atoms with Crippen LogP contribution in [-0.4, -0.2) is 10.2 Å². The van der Waals surface area contributed by atoms with Crippen molar-refractivity contribution in [2.75, 3.05) is 0 Å². The summed E-state index contributed by atoms with van der Waals surface area (Å²) >= 11 is 0. The fraction of sp³-hybridized carbons (Fsp3) is 0.130. The maximum atomic E-state index is 10.4. The molecular formula is C23H20O2. The van der Waals surface area contributed by atoms with Crippen LogP contribution >= 0.6 is 0 Å². The quantitative estimate of drug-likeness (QED) is 0.502. The lowest BCUT2D eigenvalue weighted by Crippen LogP contribution is -1.95. The summed E-state index contributed by atoms with van der Waals surface area (Å²) in [6.07, 6.45) is 0.753. The van der Waals surface area contributed by atoms with Gasteiger partial charge in [-0.2, -0.15) is 0 Å². The molecule has 0 heterocycles. The summed E-state index contributed by atoms with van der Waals surface area (Å²) in [6.45, 7) is 3.87. The molecule has 0 aliphatic rings. The van der Waals surface area contributed by atoms with E-state index in [-0.39, 0.29) is 0 Å². The predicted octanol–water partition coefficient (Wildman–Crippen LogP) is 5.61. The molecule has 4 aromatic rings. The van der Waals surface area contributed by atoms with E-state index in [9.17, 15) is 10.2 Å². The van der Waals surface area contributed by atoms with Crippen molar-refractivity contribution in [2.24, 2.45) is 0 Å². The topological polar surface area (TPSA) is 40.5 Å². The van der Waals surface area contributed by atoms with Crippen molar-refractivity contribution in [3.05, 3.63) is 82.9 Å². The maximum Gasteiger partial charge on any atom is 0.126 e. The Kier molecular flexibility index (Phi) is 3.61. The molecule has 0 spiro atoms. The van der Waals surface area contributed by atoms with Gasteiger partial charge >= 0.3 is 0 Å². The summed E-state index contributed by atoms with van der Waals surface area (Å²) in [5.41, 5.74) is 4.13. The molecule has 0 aromatic heterocycles.